The molecule has 0 aliphatic heterocycles. The number of nitrogens with zero attached hydrogens (tertiary/aromatic N) is 1. The van der Waals surface area contributed by atoms with E-state index in [1.54, 1.807) is 0 Å². The van der Waals surface area contributed by atoms with E-state index in [2.05, 4.69) is 68.6 Å². The fraction of sp³-hybridized carbons (Fsp3) is 0.618. The molecular formula is C34H51N. The standard InChI is InChI=1S/C34H51N/c1-3-5-7-8-9-11-17-32-24-27-34(35-28-32)33-25-22-31(23-26-33)16-13-12-15-30-20-18-29(19-21-30)14-10-6-4-2/h12,15,22-30H,3-11,13-14,16-21H2,1-2H3. The van der Waals surface area contributed by atoms with Crippen LogP contribution in [0.3, 0.4) is 0 Å². The number of rotatable bonds is 16. The van der Waals surface area contributed by atoms with Gasteiger partial charge in [0.15, 0.2) is 0 Å². The fourth-order valence-electron chi connectivity index (χ4n) is 5.59. The number of unbranched alkanes of at least 4 members (excludes halogenated alkanes) is 7. The van der Waals surface area contributed by atoms with E-state index in [0.717, 1.165) is 36.8 Å². The summed E-state index contributed by atoms with van der Waals surface area (Å²) in [5.74, 6) is 1.84. The van der Waals surface area contributed by atoms with E-state index in [-0.39, 0.29) is 0 Å². The highest BCUT2D eigenvalue weighted by atomic mass is 14.7. The molecule has 1 nitrogen and oxygen atoms in total. The normalized spacial score (nSPS) is 18.3. The largest absolute Gasteiger partial charge is 0.256 e. The predicted octanol–water partition coefficient (Wildman–Crippen LogP) is 10.5. The molecule has 35 heavy (non-hydrogen) atoms. The van der Waals surface area contributed by atoms with Crippen LogP contribution in [0.1, 0.15) is 121 Å². The van der Waals surface area contributed by atoms with Crippen LogP contribution in [0.5, 0.6) is 0 Å². The molecule has 0 saturated heterocycles. The maximum Gasteiger partial charge on any atom is 0.0702 e. The van der Waals surface area contributed by atoms with Gasteiger partial charge >= 0.3 is 0 Å². The minimum Gasteiger partial charge on any atom is -0.256 e. The number of aromatic nitrogens is 1. The van der Waals surface area contributed by atoms with Gasteiger partial charge in [0.2, 0.25) is 0 Å². The van der Waals surface area contributed by atoms with E-state index >= 15 is 0 Å². The van der Waals surface area contributed by atoms with Crippen LogP contribution in [-0.2, 0) is 12.8 Å². The summed E-state index contributed by atoms with van der Waals surface area (Å²) in [7, 11) is 0. The van der Waals surface area contributed by atoms with Crippen molar-refractivity contribution in [1.29, 1.82) is 0 Å². The van der Waals surface area contributed by atoms with Crippen LogP contribution in [0.15, 0.2) is 54.7 Å². The molecule has 192 valence electrons. The minimum absolute atomic E-state index is 0.829. The van der Waals surface area contributed by atoms with E-state index < -0.39 is 0 Å². The van der Waals surface area contributed by atoms with Gasteiger partial charge in [0.05, 0.1) is 5.69 Å². The Kier molecular flexibility index (Phi) is 13.2. The summed E-state index contributed by atoms with van der Waals surface area (Å²) < 4.78 is 0. The number of pyridine rings is 1. The van der Waals surface area contributed by atoms with Gasteiger partial charge in [0.1, 0.15) is 0 Å². The van der Waals surface area contributed by atoms with Crippen molar-refractivity contribution in [2.45, 2.75) is 123 Å². The van der Waals surface area contributed by atoms with Gasteiger partial charge in [-0.1, -0.05) is 114 Å². The van der Waals surface area contributed by atoms with Crippen molar-refractivity contribution in [1.82, 2.24) is 4.98 Å². The topological polar surface area (TPSA) is 12.9 Å². The molecule has 1 fully saturated rings. The van der Waals surface area contributed by atoms with Crippen molar-refractivity contribution in [2.75, 3.05) is 0 Å². The Morgan fingerprint density at radius 2 is 1.40 bits per heavy atom. The Bertz CT molecular complexity index is 809. The zero-order valence-electron chi connectivity index (χ0n) is 22.8. The first-order valence-corrected chi connectivity index (χ1v) is 15.0. The number of aryl methyl sites for hydroxylation is 2. The van der Waals surface area contributed by atoms with Gasteiger partial charge in [-0.3, -0.25) is 4.98 Å². The third-order valence-electron chi connectivity index (χ3n) is 8.01. The van der Waals surface area contributed by atoms with Crippen LogP contribution in [0.4, 0.5) is 0 Å². The molecule has 0 atom stereocenters. The highest BCUT2D eigenvalue weighted by Gasteiger charge is 2.18. The van der Waals surface area contributed by atoms with Crippen LogP contribution in [0.25, 0.3) is 11.3 Å². The van der Waals surface area contributed by atoms with E-state index in [9.17, 15) is 0 Å². The Morgan fingerprint density at radius 1 is 0.714 bits per heavy atom. The molecule has 1 heteroatoms. The smallest absolute Gasteiger partial charge is 0.0702 e. The minimum atomic E-state index is 0.829. The van der Waals surface area contributed by atoms with Crippen LogP contribution >= 0.6 is 0 Å². The lowest BCUT2D eigenvalue weighted by Gasteiger charge is -2.26. The van der Waals surface area contributed by atoms with Crippen molar-refractivity contribution < 1.29 is 0 Å². The maximum atomic E-state index is 4.75. The molecule has 0 spiro atoms. The number of benzene rings is 1. The zero-order valence-corrected chi connectivity index (χ0v) is 22.8. The molecule has 1 aliphatic rings. The first-order valence-electron chi connectivity index (χ1n) is 15.0. The van der Waals surface area contributed by atoms with E-state index in [0.29, 0.717) is 0 Å². The third-order valence-corrected chi connectivity index (χ3v) is 8.01. The average Bonchev–Trinajstić information content (AvgIpc) is 2.90. The molecule has 1 heterocycles. The molecule has 0 bridgehead atoms. The van der Waals surface area contributed by atoms with Gasteiger partial charge in [-0.2, -0.15) is 0 Å². The quantitative estimate of drug-likeness (QED) is 0.174. The zero-order chi connectivity index (χ0) is 24.6. The van der Waals surface area contributed by atoms with E-state index in [4.69, 9.17) is 4.98 Å². The fourth-order valence-corrected chi connectivity index (χ4v) is 5.59. The maximum absolute atomic E-state index is 4.75. The predicted molar refractivity (Wildman–Crippen MR) is 154 cm³/mol. The molecule has 1 aliphatic carbocycles. The monoisotopic (exact) mass is 473 g/mol. The molecule has 0 unspecified atom stereocenters. The van der Waals surface area contributed by atoms with E-state index in [1.165, 1.54) is 107 Å². The van der Waals surface area contributed by atoms with Gasteiger partial charge < -0.3 is 0 Å². The summed E-state index contributed by atoms with van der Waals surface area (Å²) in [6, 6.07) is 13.5. The summed E-state index contributed by atoms with van der Waals surface area (Å²) in [6.07, 6.45) is 30.0. The van der Waals surface area contributed by atoms with E-state index in [1.807, 2.05) is 0 Å². The Hall–Kier alpha value is -1.89. The lowest BCUT2D eigenvalue weighted by atomic mass is 9.79. The van der Waals surface area contributed by atoms with Gasteiger partial charge in [0.25, 0.3) is 0 Å². The highest BCUT2D eigenvalue weighted by Crippen LogP contribution is 2.32. The average molecular weight is 474 g/mol. The SMILES string of the molecule is CCCCCCCCc1ccc(-c2ccc(CCC=CC3CCC(CCCCC)CC3)cc2)nc1. The molecule has 1 aromatic carbocycles. The molecule has 1 aromatic heterocycles. The summed E-state index contributed by atoms with van der Waals surface area (Å²) in [6.45, 7) is 4.59. The molecule has 3 rings (SSSR count). The summed E-state index contributed by atoms with van der Waals surface area (Å²) in [5.41, 5.74) is 5.12. The lowest BCUT2D eigenvalue weighted by molar-refractivity contribution is 0.289. The Labute approximate surface area is 216 Å². The van der Waals surface area contributed by atoms with Gasteiger partial charge in [0, 0.05) is 11.8 Å². The van der Waals surface area contributed by atoms with Crippen molar-refractivity contribution in [3.05, 3.63) is 65.9 Å². The lowest BCUT2D eigenvalue weighted by Crippen LogP contribution is -2.13. The number of hydrogen-bond donors (Lipinski definition) is 0. The molecule has 2 aromatic rings. The van der Waals surface area contributed by atoms with Crippen LogP contribution in [-0.4, -0.2) is 4.98 Å². The molecule has 1 saturated carbocycles. The second kappa shape index (κ2) is 16.7. The van der Waals surface area contributed by atoms with Crippen LogP contribution in [0, 0.1) is 11.8 Å². The summed E-state index contributed by atoms with van der Waals surface area (Å²) in [5, 5.41) is 0. The Morgan fingerprint density at radius 3 is 2.11 bits per heavy atom. The van der Waals surface area contributed by atoms with Crippen molar-refractivity contribution in [3.63, 3.8) is 0 Å². The molecule has 0 N–H and O–H groups in total. The second-order valence-corrected chi connectivity index (χ2v) is 11.0. The second-order valence-electron chi connectivity index (χ2n) is 11.0. The highest BCUT2D eigenvalue weighted by molar-refractivity contribution is 5.59. The van der Waals surface area contributed by atoms with Gasteiger partial charge in [-0.15, -0.1) is 0 Å². The number of allylic oxidation sites excluding steroid dienone is 2. The first kappa shape index (κ1) is 27.7. The van der Waals surface area contributed by atoms with Crippen molar-refractivity contribution in [2.24, 2.45) is 11.8 Å². The van der Waals surface area contributed by atoms with Crippen LogP contribution in [0.2, 0.25) is 0 Å². The van der Waals surface area contributed by atoms with Gasteiger partial charge in [-0.25, -0.2) is 0 Å². The molecule has 0 radical (unpaired) electrons. The third kappa shape index (κ3) is 10.7. The van der Waals surface area contributed by atoms with Crippen molar-refractivity contribution in [3.8, 4) is 11.3 Å². The van der Waals surface area contributed by atoms with Crippen molar-refractivity contribution >= 4 is 0 Å². The van der Waals surface area contributed by atoms with Crippen LogP contribution < -0.4 is 0 Å². The molecular weight excluding hydrogens is 422 g/mol. The summed E-state index contributed by atoms with van der Waals surface area (Å²) >= 11 is 0. The Balaban J connectivity index is 1.33. The summed E-state index contributed by atoms with van der Waals surface area (Å²) in [4.78, 5) is 4.75. The first-order chi connectivity index (χ1) is 17.3. The molecule has 0 amide bonds. The van der Waals surface area contributed by atoms with Gasteiger partial charge in [-0.05, 0) is 80.4 Å². The number of hydrogen-bond acceptors (Lipinski definition) is 1.